The third kappa shape index (κ3) is 2.70. The summed E-state index contributed by atoms with van der Waals surface area (Å²) >= 11 is 7.29. The van der Waals surface area contributed by atoms with Gasteiger partial charge in [0.15, 0.2) is 0 Å². The van der Waals surface area contributed by atoms with Gasteiger partial charge in [0.25, 0.3) is 5.91 Å². The minimum Gasteiger partial charge on any atom is -0.391 e. The zero-order chi connectivity index (χ0) is 14.1. The van der Waals surface area contributed by atoms with E-state index in [1.807, 2.05) is 12.1 Å². The Labute approximate surface area is 125 Å². The van der Waals surface area contributed by atoms with Gasteiger partial charge in [0.1, 0.15) is 10.7 Å². The molecule has 0 radical (unpaired) electrons. The second kappa shape index (κ2) is 5.52. The molecule has 0 saturated carbocycles. The molecule has 1 amide bonds. The Morgan fingerprint density at radius 1 is 1.40 bits per heavy atom. The Kier molecular flexibility index (Phi) is 3.74. The minimum atomic E-state index is -0.409. The molecule has 1 aromatic carbocycles. The number of aliphatic hydroxyl groups is 1. The Morgan fingerprint density at radius 2 is 2.15 bits per heavy atom. The molecule has 0 unspecified atom stereocenters. The topological polar surface area (TPSA) is 53.4 Å². The van der Waals surface area contributed by atoms with Gasteiger partial charge in [-0.05, 0) is 18.6 Å². The Hall–Kier alpha value is -1.43. The van der Waals surface area contributed by atoms with Crippen molar-refractivity contribution in [3.05, 3.63) is 40.4 Å². The van der Waals surface area contributed by atoms with Gasteiger partial charge in [-0.2, -0.15) is 0 Å². The summed E-state index contributed by atoms with van der Waals surface area (Å²) in [6.45, 7) is 0.987. The zero-order valence-corrected chi connectivity index (χ0v) is 12.2. The van der Waals surface area contributed by atoms with Crippen LogP contribution >= 0.6 is 22.9 Å². The van der Waals surface area contributed by atoms with Crippen LogP contribution in [0.15, 0.2) is 29.6 Å². The molecule has 1 aliphatic heterocycles. The lowest BCUT2D eigenvalue weighted by molar-refractivity contribution is 0.0760. The molecule has 6 heteroatoms. The maximum atomic E-state index is 12.2. The molecular formula is C14H13ClN2O2S. The van der Waals surface area contributed by atoms with Crippen LogP contribution in [0.4, 0.5) is 0 Å². The van der Waals surface area contributed by atoms with E-state index in [2.05, 4.69) is 4.98 Å². The lowest BCUT2D eigenvalue weighted by atomic mass is 10.2. The van der Waals surface area contributed by atoms with E-state index >= 15 is 0 Å². The van der Waals surface area contributed by atoms with Crippen molar-refractivity contribution in [3.8, 4) is 10.6 Å². The monoisotopic (exact) mass is 308 g/mol. The van der Waals surface area contributed by atoms with E-state index in [1.54, 1.807) is 22.4 Å². The fraction of sp³-hybridized carbons (Fsp3) is 0.286. The summed E-state index contributed by atoms with van der Waals surface area (Å²) in [5.74, 6) is -0.113. The number of β-amino-alcohol motifs (C(OH)–C–C–N with tert-alkyl or cyclic N) is 1. The Bertz CT molecular complexity index is 626. The standard InChI is InChI=1S/C14H13ClN2O2S/c15-10-3-1-9(2-4-10)13-16-12(8-20-13)14(19)17-6-5-11(18)7-17/h1-4,8,11,18H,5-7H2/t11-/m1/s1. The van der Waals surface area contributed by atoms with Gasteiger partial charge in [-0.3, -0.25) is 4.79 Å². The molecule has 104 valence electrons. The number of hydrogen-bond acceptors (Lipinski definition) is 4. The second-order valence-corrected chi connectivity index (χ2v) is 6.03. The van der Waals surface area contributed by atoms with Gasteiger partial charge < -0.3 is 10.0 Å². The van der Waals surface area contributed by atoms with Crippen molar-refractivity contribution in [2.24, 2.45) is 0 Å². The van der Waals surface area contributed by atoms with Gasteiger partial charge in [0.05, 0.1) is 6.10 Å². The van der Waals surface area contributed by atoms with Crippen molar-refractivity contribution in [2.45, 2.75) is 12.5 Å². The normalized spacial score (nSPS) is 18.5. The molecular weight excluding hydrogens is 296 g/mol. The smallest absolute Gasteiger partial charge is 0.273 e. The van der Waals surface area contributed by atoms with Crippen LogP contribution in [0.3, 0.4) is 0 Å². The number of amides is 1. The molecule has 20 heavy (non-hydrogen) atoms. The zero-order valence-electron chi connectivity index (χ0n) is 10.6. The maximum absolute atomic E-state index is 12.2. The molecule has 1 aliphatic rings. The molecule has 2 aromatic rings. The molecule has 2 heterocycles. The van der Waals surface area contributed by atoms with E-state index in [0.29, 0.717) is 30.2 Å². The molecule has 1 aromatic heterocycles. The number of halogens is 1. The predicted molar refractivity (Wildman–Crippen MR) is 79.1 cm³/mol. The van der Waals surface area contributed by atoms with Crippen LogP contribution < -0.4 is 0 Å². The van der Waals surface area contributed by atoms with Crippen molar-refractivity contribution >= 4 is 28.8 Å². The summed E-state index contributed by atoms with van der Waals surface area (Å²) in [4.78, 5) is 18.3. The number of nitrogens with zero attached hydrogens (tertiary/aromatic N) is 2. The van der Waals surface area contributed by atoms with E-state index in [9.17, 15) is 9.90 Å². The summed E-state index contributed by atoms with van der Waals surface area (Å²) in [5.41, 5.74) is 1.38. The molecule has 0 bridgehead atoms. The first-order chi connectivity index (χ1) is 9.63. The van der Waals surface area contributed by atoms with Gasteiger partial charge in [0, 0.05) is 29.1 Å². The Morgan fingerprint density at radius 3 is 2.80 bits per heavy atom. The molecule has 4 nitrogen and oxygen atoms in total. The summed E-state index contributed by atoms with van der Waals surface area (Å²) in [6.07, 6.45) is 0.230. The first-order valence-electron chi connectivity index (χ1n) is 6.32. The number of carbonyl (C=O) groups excluding carboxylic acids is 1. The largest absolute Gasteiger partial charge is 0.391 e. The predicted octanol–water partition coefficient (Wildman–Crippen LogP) is 2.67. The minimum absolute atomic E-state index is 0.113. The first-order valence-corrected chi connectivity index (χ1v) is 7.58. The summed E-state index contributed by atoms with van der Waals surface area (Å²) in [6, 6.07) is 7.37. The third-order valence-corrected chi connectivity index (χ3v) is 4.41. The quantitative estimate of drug-likeness (QED) is 0.928. The van der Waals surface area contributed by atoms with Gasteiger partial charge >= 0.3 is 0 Å². The number of aromatic nitrogens is 1. The molecule has 3 rings (SSSR count). The summed E-state index contributed by atoms with van der Waals surface area (Å²) in [5, 5.41) is 12.7. The molecule has 0 spiro atoms. The van der Waals surface area contributed by atoms with Gasteiger partial charge in [-0.1, -0.05) is 23.7 Å². The highest BCUT2D eigenvalue weighted by Crippen LogP contribution is 2.26. The van der Waals surface area contributed by atoms with E-state index < -0.39 is 6.10 Å². The van der Waals surface area contributed by atoms with E-state index in [0.717, 1.165) is 10.6 Å². The molecule has 0 aliphatic carbocycles. The van der Waals surface area contributed by atoms with Crippen molar-refractivity contribution in [1.29, 1.82) is 0 Å². The first kappa shape index (κ1) is 13.5. The number of benzene rings is 1. The number of likely N-dealkylation sites (tertiary alicyclic amines) is 1. The number of rotatable bonds is 2. The fourth-order valence-electron chi connectivity index (χ4n) is 2.19. The third-order valence-electron chi connectivity index (χ3n) is 3.27. The Balaban J connectivity index is 1.79. The van der Waals surface area contributed by atoms with Crippen LogP contribution in [-0.4, -0.2) is 40.1 Å². The molecule has 1 atom stereocenters. The van der Waals surface area contributed by atoms with Crippen molar-refractivity contribution < 1.29 is 9.90 Å². The summed E-state index contributed by atoms with van der Waals surface area (Å²) in [7, 11) is 0. The van der Waals surface area contributed by atoms with Crippen molar-refractivity contribution in [1.82, 2.24) is 9.88 Å². The lowest BCUT2D eigenvalue weighted by Gasteiger charge is -2.13. The molecule has 1 N–H and O–H groups in total. The van der Waals surface area contributed by atoms with Crippen LogP contribution in [0.2, 0.25) is 5.02 Å². The van der Waals surface area contributed by atoms with E-state index in [1.165, 1.54) is 11.3 Å². The second-order valence-electron chi connectivity index (χ2n) is 4.74. The molecule has 1 saturated heterocycles. The van der Waals surface area contributed by atoms with Crippen LogP contribution in [-0.2, 0) is 0 Å². The van der Waals surface area contributed by atoms with Crippen LogP contribution in [0.5, 0.6) is 0 Å². The van der Waals surface area contributed by atoms with E-state index in [-0.39, 0.29) is 5.91 Å². The lowest BCUT2D eigenvalue weighted by Crippen LogP contribution is -2.29. The highest BCUT2D eigenvalue weighted by Gasteiger charge is 2.26. The summed E-state index contributed by atoms with van der Waals surface area (Å²) < 4.78 is 0. The maximum Gasteiger partial charge on any atom is 0.273 e. The SMILES string of the molecule is O=C(c1csc(-c2ccc(Cl)cc2)n1)N1CC[C@@H](O)C1. The van der Waals surface area contributed by atoms with Crippen LogP contribution in [0.25, 0.3) is 10.6 Å². The number of aliphatic hydroxyl groups excluding tert-OH is 1. The average molecular weight is 309 g/mol. The van der Waals surface area contributed by atoms with Gasteiger partial charge in [0.2, 0.25) is 0 Å². The van der Waals surface area contributed by atoms with Crippen LogP contribution in [0, 0.1) is 0 Å². The number of carbonyl (C=O) groups is 1. The fourth-order valence-corrected chi connectivity index (χ4v) is 3.11. The highest BCUT2D eigenvalue weighted by atomic mass is 35.5. The number of hydrogen-bond donors (Lipinski definition) is 1. The highest BCUT2D eigenvalue weighted by molar-refractivity contribution is 7.13. The van der Waals surface area contributed by atoms with Crippen molar-refractivity contribution in [3.63, 3.8) is 0 Å². The average Bonchev–Trinajstić information content (AvgIpc) is 3.08. The van der Waals surface area contributed by atoms with Gasteiger partial charge in [-0.15, -0.1) is 11.3 Å². The van der Waals surface area contributed by atoms with E-state index in [4.69, 9.17) is 11.6 Å². The van der Waals surface area contributed by atoms with Gasteiger partial charge in [-0.25, -0.2) is 4.98 Å². The number of thiazole rings is 1. The van der Waals surface area contributed by atoms with Crippen molar-refractivity contribution in [2.75, 3.05) is 13.1 Å². The molecule has 1 fully saturated rings. The van der Waals surface area contributed by atoms with Crippen LogP contribution in [0.1, 0.15) is 16.9 Å².